The number of benzene rings is 1. The van der Waals surface area contributed by atoms with E-state index < -0.39 is 0 Å². The maximum Gasteiger partial charge on any atom is -0.0154 e. The van der Waals surface area contributed by atoms with E-state index in [0.717, 1.165) is 11.8 Å². The highest BCUT2D eigenvalue weighted by molar-refractivity contribution is 5.21. The van der Waals surface area contributed by atoms with E-state index in [2.05, 4.69) is 51.1 Å². The number of rotatable bonds is 7. The van der Waals surface area contributed by atoms with E-state index in [4.69, 9.17) is 0 Å². The molecule has 1 saturated carbocycles. The van der Waals surface area contributed by atoms with Gasteiger partial charge in [0, 0.05) is 0 Å². The van der Waals surface area contributed by atoms with Gasteiger partial charge in [0.2, 0.25) is 0 Å². The minimum Gasteiger partial charge on any atom is -0.0654 e. The van der Waals surface area contributed by atoms with Crippen LogP contribution >= 0.6 is 0 Å². The molecule has 0 saturated heterocycles. The van der Waals surface area contributed by atoms with Gasteiger partial charge in [0.05, 0.1) is 0 Å². The van der Waals surface area contributed by atoms with Crippen molar-refractivity contribution in [2.45, 2.75) is 84.5 Å². The van der Waals surface area contributed by atoms with Gasteiger partial charge >= 0.3 is 0 Å². The predicted molar refractivity (Wildman–Crippen MR) is 93.7 cm³/mol. The van der Waals surface area contributed by atoms with Crippen LogP contribution in [0.25, 0.3) is 0 Å². The predicted octanol–water partition coefficient (Wildman–Crippen LogP) is 6.96. The summed E-state index contributed by atoms with van der Waals surface area (Å²) in [5, 5.41) is 0. The van der Waals surface area contributed by atoms with Gasteiger partial charge in [-0.2, -0.15) is 0 Å². The molecule has 0 aliphatic heterocycles. The van der Waals surface area contributed by atoms with Crippen molar-refractivity contribution in [3.63, 3.8) is 0 Å². The molecule has 1 aromatic rings. The Kier molecular flexibility index (Phi) is 6.33. The van der Waals surface area contributed by atoms with E-state index in [9.17, 15) is 0 Å². The average molecular weight is 287 g/mol. The quantitative estimate of drug-likeness (QED) is 0.508. The summed E-state index contributed by atoms with van der Waals surface area (Å²) in [6.07, 6.45) is 12.7. The molecule has 0 N–H and O–H groups in total. The van der Waals surface area contributed by atoms with Crippen LogP contribution in [0.15, 0.2) is 30.3 Å². The van der Waals surface area contributed by atoms with Gasteiger partial charge in [-0.15, -0.1) is 0 Å². The summed E-state index contributed by atoms with van der Waals surface area (Å²) in [5.74, 6) is 1.75. The molecular weight excluding hydrogens is 252 g/mol. The molecule has 1 aromatic carbocycles. The molecule has 0 spiro atoms. The Hall–Kier alpha value is -0.780. The summed E-state index contributed by atoms with van der Waals surface area (Å²) >= 11 is 0. The zero-order valence-electron chi connectivity index (χ0n) is 14.4. The molecule has 0 bridgehead atoms. The summed E-state index contributed by atoms with van der Waals surface area (Å²) in [7, 11) is 0. The summed E-state index contributed by atoms with van der Waals surface area (Å²) in [6, 6.07) is 11.3. The smallest absolute Gasteiger partial charge is 0.0154 e. The lowest BCUT2D eigenvalue weighted by Crippen LogP contribution is -2.32. The third-order valence-electron chi connectivity index (χ3n) is 5.55. The highest BCUT2D eigenvalue weighted by Gasteiger charge is 2.39. The number of hydrogen-bond donors (Lipinski definition) is 0. The Labute approximate surface area is 132 Å². The summed E-state index contributed by atoms with van der Waals surface area (Å²) < 4.78 is 0. The van der Waals surface area contributed by atoms with Crippen LogP contribution in [-0.2, 0) is 0 Å². The zero-order valence-corrected chi connectivity index (χ0v) is 14.4. The molecule has 1 fully saturated rings. The topological polar surface area (TPSA) is 0 Å². The molecule has 0 radical (unpaired) electrons. The van der Waals surface area contributed by atoms with Crippen LogP contribution < -0.4 is 0 Å². The van der Waals surface area contributed by atoms with Gasteiger partial charge in [0.25, 0.3) is 0 Å². The molecule has 2 rings (SSSR count). The van der Waals surface area contributed by atoms with Crippen LogP contribution in [0.5, 0.6) is 0 Å². The molecule has 1 aliphatic rings. The Morgan fingerprint density at radius 2 is 1.57 bits per heavy atom. The first kappa shape index (κ1) is 16.6. The molecule has 21 heavy (non-hydrogen) atoms. The monoisotopic (exact) mass is 286 g/mol. The maximum atomic E-state index is 2.37. The van der Waals surface area contributed by atoms with Crippen molar-refractivity contribution in [1.29, 1.82) is 0 Å². The standard InChI is InChI=1S/C21H34/c1-4-10-18-15-20(19-11-8-7-9-12-19)17-21(16-18,13-5-2)14-6-3/h7-9,11-12,18,20H,4-6,10,13-17H2,1-3H3. The SMILES string of the molecule is CCCC1CC(c2ccccc2)CC(CCC)(CCC)C1. The van der Waals surface area contributed by atoms with Crippen molar-refractivity contribution in [2.24, 2.45) is 11.3 Å². The van der Waals surface area contributed by atoms with Crippen molar-refractivity contribution in [2.75, 3.05) is 0 Å². The largest absolute Gasteiger partial charge is 0.0654 e. The Bertz CT molecular complexity index is 386. The second-order valence-corrected chi connectivity index (χ2v) is 7.41. The minimum absolute atomic E-state index is 0.627. The first-order valence-corrected chi connectivity index (χ1v) is 9.28. The lowest BCUT2D eigenvalue weighted by atomic mass is 9.60. The second-order valence-electron chi connectivity index (χ2n) is 7.41. The molecule has 2 atom stereocenters. The fraction of sp³-hybridized carbons (Fsp3) is 0.714. The van der Waals surface area contributed by atoms with Crippen LogP contribution in [0.2, 0.25) is 0 Å². The fourth-order valence-electron chi connectivity index (χ4n) is 4.99. The third-order valence-corrected chi connectivity index (χ3v) is 5.55. The fourth-order valence-corrected chi connectivity index (χ4v) is 4.99. The van der Waals surface area contributed by atoms with Crippen LogP contribution in [-0.4, -0.2) is 0 Å². The van der Waals surface area contributed by atoms with Gasteiger partial charge in [-0.25, -0.2) is 0 Å². The first-order chi connectivity index (χ1) is 10.2. The van der Waals surface area contributed by atoms with Crippen molar-refractivity contribution in [3.8, 4) is 0 Å². The molecule has 0 nitrogen and oxygen atoms in total. The summed E-state index contributed by atoms with van der Waals surface area (Å²) in [6.45, 7) is 7.10. The molecular formula is C21H34. The van der Waals surface area contributed by atoms with Gasteiger partial charge in [0.15, 0.2) is 0 Å². The van der Waals surface area contributed by atoms with Gasteiger partial charge in [-0.1, -0.05) is 76.8 Å². The van der Waals surface area contributed by atoms with Crippen molar-refractivity contribution < 1.29 is 0 Å². The van der Waals surface area contributed by atoms with Crippen LogP contribution in [0, 0.1) is 11.3 Å². The number of hydrogen-bond acceptors (Lipinski definition) is 0. The highest BCUT2D eigenvalue weighted by atomic mass is 14.4. The van der Waals surface area contributed by atoms with Crippen LogP contribution in [0.3, 0.4) is 0 Å². The van der Waals surface area contributed by atoms with Crippen molar-refractivity contribution in [3.05, 3.63) is 35.9 Å². The van der Waals surface area contributed by atoms with E-state index in [1.165, 1.54) is 57.8 Å². The lowest BCUT2D eigenvalue weighted by Gasteiger charge is -2.45. The minimum atomic E-state index is 0.627. The summed E-state index contributed by atoms with van der Waals surface area (Å²) in [5.41, 5.74) is 2.22. The molecule has 0 heterocycles. The Morgan fingerprint density at radius 1 is 0.905 bits per heavy atom. The van der Waals surface area contributed by atoms with Gasteiger partial charge < -0.3 is 0 Å². The van der Waals surface area contributed by atoms with Gasteiger partial charge in [-0.3, -0.25) is 0 Å². The molecule has 0 heteroatoms. The average Bonchev–Trinajstić information content (AvgIpc) is 2.49. The maximum absolute atomic E-state index is 2.37. The molecule has 2 unspecified atom stereocenters. The zero-order chi connectivity index (χ0) is 15.1. The Morgan fingerprint density at radius 3 is 2.14 bits per heavy atom. The molecule has 0 amide bonds. The van der Waals surface area contributed by atoms with E-state index in [1.807, 2.05) is 0 Å². The van der Waals surface area contributed by atoms with E-state index >= 15 is 0 Å². The van der Waals surface area contributed by atoms with Crippen LogP contribution in [0.4, 0.5) is 0 Å². The van der Waals surface area contributed by atoms with Crippen molar-refractivity contribution in [1.82, 2.24) is 0 Å². The van der Waals surface area contributed by atoms with E-state index in [0.29, 0.717) is 5.41 Å². The van der Waals surface area contributed by atoms with E-state index in [1.54, 1.807) is 5.56 Å². The third kappa shape index (κ3) is 4.34. The highest BCUT2D eigenvalue weighted by Crippen LogP contribution is 2.52. The first-order valence-electron chi connectivity index (χ1n) is 9.28. The van der Waals surface area contributed by atoms with Crippen molar-refractivity contribution >= 4 is 0 Å². The van der Waals surface area contributed by atoms with Crippen LogP contribution in [0.1, 0.15) is 90.0 Å². The lowest BCUT2D eigenvalue weighted by molar-refractivity contribution is 0.0904. The summed E-state index contributed by atoms with van der Waals surface area (Å²) in [4.78, 5) is 0. The van der Waals surface area contributed by atoms with Gasteiger partial charge in [-0.05, 0) is 54.9 Å². The second kappa shape index (κ2) is 8.01. The molecule has 1 aliphatic carbocycles. The molecule has 118 valence electrons. The molecule has 0 aromatic heterocycles. The van der Waals surface area contributed by atoms with E-state index in [-0.39, 0.29) is 0 Å². The van der Waals surface area contributed by atoms with Gasteiger partial charge in [0.1, 0.15) is 0 Å². The normalized spacial score (nSPS) is 24.9. The Balaban J connectivity index is 2.21.